The summed E-state index contributed by atoms with van der Waals surface area (Å²) in [6, 6.07) is 15.2. The topological polar surface area (TPSA) is 21.7 Å². The minimum Gasteiger partial charge on any atom is -0.496 e. The van der Waals surface area contributed by atoms with Gasteiger partial charge in [-0.15, -0.1) is 0 Å². The SMILES string of the molecule is CCN1c2ccccc2C(C)(C)C2COc3cccc(OC)c3C21. The fourth-order valence-corrected chi connectivity index (χ4v) is 4.55. The van der Waals surface area contributed by atoms with Crippen LogP contribution in [0.5, 0.6) is 11.5 Å². The van der Waals surface area contributed by atoms with Crippen molar-refractivity contribution < 1.29 is 9.47 Å². The summed E-state index contributed by atoms with van der Waals surface area (Å²) in [5, 5.41) is 0. The van der Waals surface area contributed by atoms with E-state index in [0.29, 0.717) is 5.92 Å². The van der Waals surface area contributed by atoms with Gasteiger partial charge in [-0.2, -0.15) is 0 Å². The van der Waals surface area contributed by atoms with E-state index in [4.69, 9.17) is 9.47 Å². The maximum Gasteiger partial charge on any atom is 0.128 e. The molecule has 0 radical (unpaired) electrons. The molecule has 2 aliphatic heterocycles. The molecule has 2 aliphatic rings. The molecule has 126 valence electrons. The van der Waals surface area contributed by atoms with Crippen molar-refractivity contribution in [2.24, 2.45) is 5.92 Å². The number of anilines is 1. The highest BCUT2D eigenvalue weighted by atomic mass is 16.5. The van der Waals surface area contributed by atoms with E-state index in [1.165, 1.54) is 16.8 Å². The Bertz CT molecular complexity index is 754. The molecule has 0 fully saturated rings. The van der Waals surface area contributed by atoms with Crippen LogP contribution >= 0.6 is 0 Å². The Morgan fingerprint density at radius 3 is 2.71 bits per heavy atom. The predicted molar refractivity (Wildman–Crippen MR) is 97.2 cm³/mol. The first-order valence-electron chi connectivity index (χ1n) is 8.75. The smallest absolute Gasteiger partial charge is 0.128 e. The first kappa shape index (κ1) is 15.4. The standard InChI is InChI=1S/C21H25NO2/c1-5-22-16-10-7-6-9-14(16)21(2,3)15-13-24-18-12-8-11-17(23-4)19(18)20(15)22/h6-12,15,20H,5,13H2,1-4H3. The molecule has 0 aromatic heterocycles. The van der Waals surface area contributed by atoms with Crippen molar-refractivity contribution in [3.63, 3.8) is 0 Å². The van der Waals surface area contributed by atoms with Crippen LogP contribution in [0.1, 0.15) is 37.9 Å². The van der Waals surface area contributed by atoms with E-state index in [2.05, 4.69) is 56.0 Å². The number of methoxy groups -OCH3 is 1. The molecule has 3 nitrogen and oxygen atoms in total. The van der Waals surface area contributed by atoms with Gasteiger partial charge < -0.3 is 14.4 Å². The third kappa shape index (κ3) is 1.97. The van der Waals surface area contributed by atoms with Gasteiger partial charge >= 0.3 is 0 Å². The Morgan fingerprint density at radius 2 is 1.96 bits per heavy atom. The molecule has 0 N–H and O–H groups in total. The Kier molecular flexibility index (Phi) is 3.48. The van der Waals surface area contributed by atoms with Gasteiger partial charge in [-0.1, -0.05) is 38.1 Å². The minimum atomic E-state index is 0.0471. The zero-order valence-electron chi connectivity index (χ0n) is 14.9. The molecule has 0 saturated carbocycles. The second kappa shape index (κ2) is 5.44. The summed E-state index contributed by atoms with van der Waals surface area (Å²) in [5.41, 5.74) is 3.99. The maximum absolute atomic E-state index is 6.17. The van der Waals surface area contributed by atoms with Crippen molar-refractivity contribution in [2.45, 2.75) is 32.2 Å². The molecule has 0 amide bonds. The van der Waals surface area contributed by atoms with Gasteiger partial charge in [0.1, 0.15) is 11.5 Å². The van der Waals surface area contributed by atoms with Gasteiger partial charge in [0.05, 0.1) is 25.3 Å². The van der Waals surface area contributed by atoms with E-state index in [1.54, 1.807) is 7.11 Å². The Labute approximate surface area is 144 Å². The summed E-state index contributed by atoms with van der Waals surface area (Å²) in [4.78, 5) is 2.52. The number of rotatable bonds is 2. The van der Waals surface area contributed by atoms with Gasteiger partial charge in [0.15, 0.2) is 0 Å². The van der Waals surface area contributed by atoms with Crippen LogP contribution in [-0.2, 0) is 5.41 Å². The molecule has 3 heteroatoms. The first-order valence-corrected chi connectivity index (χ1v) is 8.75. The molecule has 2 unspecified atom stereocenters. The van der Waals surface area contributed by atoms with Gasteiger partial charge in [0.25, 0.3) is 0 Å². The molecule has 2 aromatic carbocycles. The normalized spacial score (nSPS) is 23.6. The van der Waals surface area contributed by atoms with Gasteiger partial charge in [-0.05, 0) is 30.7 Å². The summed E-state index contributed by atoms with van der Waals surface area (Å²) in [6.45, 7) is 8.63. The zero-order chi connectivity index (χ0) is 16.9. The van der Waals surface area contributed by atoms with Crippen LogP contribution in [0.15, 0.2) is 42.5 Å². The van der Waals surface area contributed by atoms with Gasteiger partial charge in [-0.3, -0.25) is 0 Å². The summed E-state index contributed by atoms with van der Waals surface area (Å²) in [6.07, 6.45) is 0. The number of benzene rings is 2. The van der Waals surface area contributed by atoms with Crippen LogP contribution < -0.4 is 14.4 Å². The zero-order valence-corrected chi connectivity index (χ0v) is 14.9. The monoisotopic (exact) mass is 323 g/mol. The second-order valence-corrected chi connectivity index (χ2v) is 7.26. The van der Waals surface area contributed by atoms with Gasteiger partial charge in [0, 0.05) is 23.6 Å². The highest BCUT2D eigenvalue weighted by Crippen LogP contribution is 2.56. The van der Waals surface area contributed by atoms with E-state index in [0.717, 1.165) is 24.7 Å². The van der Waals surface area contributed by atoms with Crippen molar-refractivity contribution in [3.05, 3.63) is 53.6 Å². The van der Waals surface area contributed by atoms with Gasteiger partial charge in [0.2, 0.25) is 0 Å². The van der Waals surface area contributed by atoms with Crippen LogP contribution in [0.2, 0.25) is 0 Å². The second-order valence-electron chi connectivity index (χ2n) is 7.26. The predicted octanol–water partition coefficient (Wildman–Crippen LogP) is 4.56. The number of para-hydroxylation sites is 1. The molecule has 2 heterocycles. The number of nitrogens with zero attached hydrogens (tertiary/aromatic N) is 1. The summed E-state index contributed by atoms with van der Waals surface area (Å²) < 4.78 is 11.9. The molecule has 0 saturated heterocycles. The third-order valence-electron chi connectivity index (χ3n) is 5.85. The van der Waals surface area contributed by atoms with Crippen LogP contribution in [0.4, 0.5) is 5.69 Å². The highest BCUT2D eigenvalue weighted by molar-refractivity contribution is 5.64. The Hall–Kier alpha value is -2.16. The summed E-state index contributed by atoms with van der Waals surface area (Å²) >= 11 is 0. The number of fused-ring (bicyclic) bond motifs is 4. The van der Waals surface area contributed by atoms with Gasteiger partial charge in [-0.25, -0.2) is 0 Å². The van der Waals surface area contributed by atoms with Crippen LogP contribution in [0.25, 0.3) is 0 Å². The maximum atomic E-state index is 6.17. The molecular weight excluding hydrogens is 298 g/mol. The average molecular weight is 323 g/mol. The number of ether oxygens (including phenoxy) is 2. The third-order valence-corrected chi connectivity index (χ3v) is 5.85. The summed E-state index contributed by atoms with van der Waals surface area (Å²) in [5.74, 6) is 2.27. The van der Waals surface area contributed by atoms with Crippen LogP contribution in [0, 0.1) is 5.92 Å². The molecule has 0 aliphatic carbocycles. The van der Waals surface area contributed by atoms with Crippen molar-refractivity contribution in [1.82, 2.24) is 0 Å². The van der Waals surface area contributed by atoms with E-state index < -0.39 is 0 Å². The quantitative estimate of drug-likeness (QED) is 0.808. The number of hydrogen-bond donors (Lipinski definition) is 0. The van der Waals surface area contributed by atoms with Crippen molar-refractivity contribution >= 4 is 5.69 Å². The molecule has 4 rings (SSSR count). The fourth-order valence-electron chi connectivity index (χ4n) is 4.55. The van der Waals surface area contributed by atoms with Crippen LogP contribution in [0.3, 0.4) is 0 Å². The van der Waals surface area contributed by atoms with E-state index >= 15 is 0 Å². The lowest BCUT2D eigenvalue weighted by atomic mass is 9.64. The fraction of sp³-hybridized carbons (Fsp3) is 0.429. The molecule has 0 spiro atoms. The lowest BCUT2D eigenvalue weighted by Gasteiger charge is -2.53. The first-order chi connectivity index (χ1) is 11.6. The van der Waals surface area contributed by atoms with Crippen molar-refractivity contribution in [1.29, 1.82) is 0 Å². The van der Waals surface area contributed by atoms with E-state index in [1.807, 2.05) is 12.1 Å². The lowest BCUT2D eigenvalue weighted by molar-refractivity contribution is 0.120. The minimum absolute atomic E-state index is 0.0471. The van der Waals surface area contributed by atoms with Crippen LogP contribution in [-0.4, -0.2) is 20.3 Å². The molecule has 0 bridgehead atoms. The lowest BCUT2D eigenvalue weighted by Crippen LogP contribution is -2.51. The number of hydrogen-bond acceptors (Lipinski definition) is 3. The summed E-state index contributed by atoms with van der Waals surface area (Å²) in [7, 11) is 1.75. The average Bonchev–Trinajstić information content (AvgIpc) is 2.61. The molecule has 2 aromatic rings. The van der Waals surface area contributed by atoms with Crippen molar-refractivity contribution in [2.75, 3.05) is 25.2 Å². The largest absolute Gasteiger partial charge is 0.496 e. The van der Waals surface area contributed by atoms with E-state index in [9.17, 15) is 0 Å². The molecular formula is C21H25NO2. The highest BCUT2D eigenvalue weighted by Gasteiger charge is 2.50. The molecule has 2 atom stereocenters. The Balaban J connectivity index is 1.97. The van der Waals surface area contributed by atoms with E-state index in [-0.39, 0.29) is 11.5 Å². The Morgan fingerprint density at radius 1 is 1.17 bits per heavy atom. The molecule has 24 heavy (non-hydrogen) atoms. The van der Waals surface area contributed by atoms with Crippen molar-refractivity contribution in [3.8, 4) is 11.5 Å².